The highest BCUT2D eigenvalue weighted by Crippen LogP contribution is 2.38. The number of carbonyl (C=O) groups is 1. The molecule has 1 unspecified atom stereocenters. The Morgan fingerprint density at radius 2 is 1.79 bits per heavy atom. The first-order valence-corrected chi connectivity index (χ1v) is 12.8. The number of benzene rings is 3. The molecule has 0 saturated heterocycles. The number of rotatable bonds is 7. The minimum absolute atomic E-state index is 0.208. The second-order valence-electron chi connectivity index (χ2n) is 5.46. The minimum Gasteiger partial charge on any atom is -0.488 e. The van der Waals surface area contributed by atoms with Gasteiger partial charge in [-0.05, 0) is 56.9 Å². The van der Waals surface area contributed by atoms with Crippen molar-refractivity contribution in [1.82, 2.24) is 0 Å². The summed E-state index contributed by atoms with van der Waals surface area (Å²) in [5.74, 6) is 0.620. The maximum absolute atomic E-state index is 13.7. The smallest absolute Gasteiger partial charge is 0.154 e. The molecule has 3 aromatic carbocycles. The highest BCUT2D eigenvalue weighted by atomic mass is 127. The quantitative estimate of drug-likeness (QED) is 0.191. The van der Waals surface area contributed by atoms with E-state index in [2.05, 4.69) is 22.0 Å². The summed E-state index contributed by atoms with van der Waals surface area (Å²) in [4.78, 5) is 11.8. The molecule has 0 amide bonds. The molecule has 6 heteroatoms. The van der Waals surface area contributed by atoms with Gasteiger partial charge in [0, 0.05) is 6.07 Å². The Kier molecular flexibility index (Phi) is 9.38. The molecule has 146 valence electrons. The van der Waals surface area contributed by atoms with Gasteiger partial charge in [-0.15, -0.1) is 0 Å². The van der Waals surface area contributed by atoms with Crippen LogP contribution in [-0.4, -0.2) is 6.29 Å². The summed E-state index contributed by atoms with van der Waals surface area (Å²) < 4.78 is 25.2. The molecule has 1 atom stereocenters. The van der Waals surface area contributed by atoms with E-state index in [1.165, 1.54) is 12.1 Å². The maximum Gasteiger partial charge on any atom is 0.154 e. The molecule has 3 nitrogen and oxygen atoms in total. The molecule has 0 heterocycles. The third-order valence-electron chi connectivity index (χ3n) is 3.76. The van der Waals surface area contributed by atoms with Crippen LogP contribution < -0.4 is 9.26 Å². The molecule has 0 aromatic heterocycles. The summed E-state index contributed by atoms with van der Waals surface area (Å²) in [6, 6.07) is 19.2. The van der Waals surface area contributed by atoms with Crippen molar-refractivity contribution >= 4 is 34.8 Å². The lowest BCUT2D eigenvalue weighted by atomic mass is 9.99. The molecule has 0 radical (unpaired) electrons. The zero-order valence-electron chi connectivity index (χ0n) is 15.6. The predicted molar refractivity (Wildman–Crippen MR) is 122 cm³/mol. The van der Waals surface area contributed by atoms with E-state index in [9.17, 15) is 9.18 Å². The first-order valence-electron chi connectivity index (χ1n) is 8.79. The molecule has 3 rings (SSSR count). The van der Waals surface area contributed by atoms with Crippen LogP contribution in [0.25, 0.3) is 11.1 Å². The Morgan fingerprint density at radius 3 is 2.43 bits per heavy atom. The fraction of sp³-hybridized carbons (Fsp3) is 0.136. The van der Waals surface area contributed by atoms with Crippen molar-refractivity contribution in [2.45, 2.75) is 20.5 Å². The molecule has 0 bridgehead atoms. The van der Waals surface area contributed by atoms with Crippen LogP contribution in [0.4, 0.5) is 4.39 Å². The second-order valence-corrected chi connectivity index (χ2v) is 7.14. The van der Waals surface area contributed by atoms with Crippen LogP contribution in [0.5, 0.6) is 11.5 Å². The van der Waals surface area contributed by atoms with Crippen molar-refractivity contribution < 1.29 is 18.4 Å². The molecule has 0 aliphatic carbocycles. The van der Waals surface area contributed by atoms with Gasteiger partial charge >= 0.3 is 0 Å². The lowest BCUT2D eigenvalue weighted by Crippen LogP contribution is -2.00. The molecule has 0 aliphatic heterocycles. The van der Waals surface area contributed by atoms with Crippen LogP contribution in [0.2, 0.25) is 0 Å². The van der Waals surface area contributed by atoms with Gasteiger partial charge < -0.3 is 9.26 Å². The maximum atomic E-state index is 13.7. The van der Waals surface area contributed by atoms with Gasteiger partial charge in [0.1, 0.15) is 30.4 Å². The number of halogens is 2. The van der Waals surface area contributed by atoms with Gasteiger partial charge in [0.25, 0.3) is 0 Å². The molecular formula is C22H21FIO3P. The van der Waals surface area contributed by atoms with Crippen molar-refractivity contribution in [3.05, 3.63) is 83.7 Å². The molecule has 0 N–H and O–H groups in total. The molecule has 3 aromatic rings. The second kappa shape index (κ2) is 11.8. The average Bonchev–Trinajstić information content (AvgIpc) is 2.74. The molecular weight excluding hydrogens is 489 g/mol. The van der Waals surface area contributed by atoms with E-state index >= 15 is 0 Å². The fourth-order valence-electron chi connectivity index (χ4n) is 2.58. The van der Waals surface area contributed by atoms with E-state index in [1.54, 1.807) is 24.3 Å². The van der Waals surface area contributed by atoms with Gasteiger partial charge in [0.05, 0.1) is 5.56 Å². The third-order valence-corrected chi connectivity index (χ3v) is 4.74. The van der Waals surface area contributed by atoms with Crippen LogP contribution in [0.15, 0.2) is 66.7 Å². The van der Waals surface area contributed by atoms with Crippen LogP contribution >= 0.6 is 28.5 Å². The van der Waals surface area contributed by atoms with Crippen molar-refractivity contribution in [2.75, 3.05) is 0 Å². The molecule has 0 spiro atoms. The van der Waals surface area contributed by atoms with E-state index in [4.69, 9.17) is 9.26 Å². The highest BCUT2D eigenvalue weighted by Gasteiger charge is 2.15. The topological polar surface area (TPSA) is 35.5 Å². The highest BCUT2D eigenvalue weighted by molar-refractivity contribution is 14.2. The van der Waals surface area contributed by atoms with Gasteiger partial charge in [-0.1, -0.05) is 56.3 Å². The van der Waals surface area contributed by atoms with Crippen LogP contribution in [0.1, 0.15) is 29.8 Å². The summed E-state index contributed by atoms with van der Waals surface area (Å²) >= 11 is 2.12. The normalized spacial score (nSPS) is 10.3. The Hall–Kier alpha value is -1.98. The first-order chi connectivity index (χ1) is 13.7. The van der Waals surface area contributed by atoms with E-state index in [0.29, 0.717) is 34.8 Å². The van der Waals surface area contributed by atoms with Crippen molar-refractivity contribution in [2.24, 2.45) is 0 Å². The van der Waals surface area contributed by atoms with E-state index in [-0.39, 0.29) is 12.3 Å². The van der Waals surface area contributed by atoms with E-state index in [1.807, 2.05) is 44.2 Å². The molecule has 0 aliphatic rings. The summed E-state index contributed by atoms with van der Waals surface area (Å²) in [6.07, 6.45) is 0.733. The Balaban J connectivity index is 0.00000136. The van der Waals surface area contributed by atoms with Gasteiger partial charge in [-0.3, -0.25) is 4.79 Å². The van der Waals surface area contributed by atoms with Gasteiger partial charge in [-0.2, -0.15) is 0 Å². The fourth-order valence-corrected chi connectivity index (χ4v) is 3.55. The van der Waals surface area contributed by atoms with Crippen LogP contribution in [0, 0.1) is 5.82 Å². The number of carbonyl (C=O) groups excluding carboxylic acids is 1. The largest absolute Gasteiger partial charge is 0.488 e. The number of hydrogen-bond donors (Lipinski definition) is 0. The number of hydrogen-bond acceptors (Lipinski definition) is 3. The van der Waals surface area contributed by atoms with Gasteiger partial charge in [0.2, 0.25) is 0 Å². The Morgan fingerprint density at radius 1 is 1.04 bits per heavy atom. The third kappa shape index (κ3) is 6.01. The summed E-state index contributed by atoms with van der Waals surface area (Å²) in [7, 11) is 0. The zero-order chi connectivity index (χ0) is 20.4. The SMILES string of the molecule is CC.O=Cc1c(OCc2ccccc2)cc(OPI)cc1-c1cccc(F)c1. The van der Waals surface area contributed by atoms with Gasteiger partial charge in [0.15, 0.2) is 6.29 Å². The molecule has 28 heavy (non-hydrogen) atoms. The average molecular weight is 510 g/mol. The summed E-state index contributed by atoms with van der Waals surface area (Å²) in [6.45, 7) is 4.53. The summed E-state index contributed by atoms with van der Waals surface area (Å²) in [5.41, 5.74) is 2.53. The lowest BCUT2D eigenvalue weighted by molar-refractivity contribution is 0.111. The van der Waals surface area contributed by atoms with E-state index in [0.717, 1.165) is 11.8 Å². The van der Waals surface area contributed by atoms with Crippen LogP contribution in [0.3, 0.4) is 0 Å². The number of aldehydes is 1. The zero-order valence-corrected chi connectivity index (χ0v) is 18.8. The van der Waals surface area contributed by atoms with Crippen molar-refractivity contribution in [1.29, 1.82) is 0 Å². The van der Waals surface area contributed by atoms with Crippen molar-refractivity contribution in [3.8, 4) is 22.6 Å². The monoisotopic (exact) mass is 510 g/mol. The summed E-state index contributed by atoms with van der Waals surface area (Å²) in [5, 5.41) is 0. The lowest BCUT2D eigenvalue weighted by Gasteiger charge is -2.15. The van der Waals surface area contributed by atoms with Crippen molar-refractivity contribution in [3.63, 3.8) is 0 Å². The molecule has 0 fully saturated rings. The standard InChI is InChI=1S/C20H15FIO3P.C2H6/c21-16-8-4-7-15(9-16)18-10-17(25-26-22)11-20(19(18)12-23)24-13-14-5-2-1-3-6-14;1-2/h1-12,26H,13H2;1-2H3. The minimum atomic E-state index is -0.367. The predicted octanol–water partition coefficient (Wildman–Crippen LogP) is 7.23. The Labute approximate surface area is 179 Å². The van der Waals surface area contributed by atoms with E-state index < -0.39 is 0 Å². The first kappa shape index (κ1) is 22.3. The Bertz CT molecular complexity index is 904. The molecule has 0 saturated carbocycles. The van der Waals surface area contributed by atoms with Gasteiger partial charge in [-0.25, -0.2) is 4.39 Å². The van der Waals surface area contributed by atoms with Crippen LogP contribution in [-0.2, 0) is 6.61 Å². The number of ether oxygens (including phenoxy) is 1.